The van der Waals surface area contributed by atoms with Gasteiger partial charge in [0, 0.05) is 12.5 Å². The van der Waals surface area contributed by atoms with Gasteiger partial charge in [0.25, 0.3) is 0 Å². The van der Waals surface area contributed by atoms with Crippen molar-refractivity contribution in [2.24, 2.45) is 0 Å². The molecule has 0 heterocycles. The van der Waals surface area contributed by atoms with E-state index in [1.165, 1.54) is 37.5 Å². The first-order valence-electron chi connectivity index (χ1n) is 7.75. The monoisotopic (exact) mass is 357 g/mol. The standard InChI is InChI=1S/C19H19NO6/c1-26-17-11-13(4-8-16(17)22)5-9-18(23)20-15(19(24)25)10-12-2-6-14(21)7-3-12/h2-9,11,15,21-22H,10H2,1H3,(H,20,23)(H,24,25)/t15-/m0/s1. The SMILES string of the molecule is COc1cc(C=CC(=O)N[C@@H](Cc2ccc(O)cc2)C(=O)O)ccc1O. The first-order chi connectivity index (χ1) is 12.4. The summed E-state index contributed by atoms with van der Waals surface area (Å²) in [7, 11) is 1.41. The fraction of sp³-hybridized carbons (Fsp3) is 0.158. The smallest absolute Gasteiger partial charge is 0.326 e. The number of benzene rings is 2. The largest absolute Gasteiger partial charge is 0.508 e. The number of methoxy groups -OCH3 is 1. The van der Waals surface area contributed by atoms with Crippen molar-refractivity contribution in [1.29, 1.82) is 0 Å². The molecule has 2 aromatic rings. The van der Waals surface area contributed by atoms with Crippen LogP contribution in [0, 0.1) is 0 Å². The Kier molecular flexibility index (Phi) is 6.21. The van der Waals surface area contributed by atoms with Crippen LogP contribution in [0.3, 0.4) is 0 Å². The average Bonchev–Trinajstić information content (AvgIpc) is 2.62. The van der Waals surface area contributed by atoms with Gasteiger partial charge in [0.15, 0.2) is 11.5 Å². The van der Waals surface area contributed by atoms with Crippen LogP contribution in [0.4, 0.5) is 0 Å². The van der Waals surface area contributed by atoms with Gasteiger partial charge in [-0.2, -0.15) is 0 Å². The lowest BCUT2D eigenvalue weighted by Crippen LogP contribution is -2.41. The van der Waals surface area contributed by atoms with Crippen LogP contribution in [-0.2, 0) is 16.0 Å². The molecule has 1 amide bonds. The molecular weight excluding hydrogens is 338 g/mol. The summed E-state index contributed by atoms with van der Waals surface area (Å²) < 4.78 is 4.98. The molecule has 1 atom stereocenters. The number of ether oxygens (including phenoxy) is 1. The van der Waals surface area contributed by atoms with Gasteiger partial charge in [-0.25, -0.2) is 4.79 Å². The second-order valence-corrected chi connectivity index (χ2v) is 5.53. The number of amides is 1. The van der Waals surface area contributed by atoms with E-state index in [2.05, 4.69) is 5.32 Å². The van der Waals surface area contributed by atoms with Crippen LogP contribution in [0.15, 0.2) is 48.5 Å². The third-order valence-corrected chi connectivity index (χ3v) is 3.62. The number of phenolic OH excluding ortho intramolecular Hbond substituents is 2. The van der Waals surface area contributed by atoms with E-state index in [1.54, 1.807) is 24.3 Å². The molecule has 0 aromatic heterocycles. The predicted molar refractivity (Wildman–Crippen MR) is 95.1 cm³/mol. The molecule has 0 aliphatic rings. The minimum Gasteiger partial charge on any atom is -0.508 e. The summed E-state index contributed by atoms with van der Waals surface area (Å²) in [5.41, 5.74) is 1.28. The number of carboxylic acids is 1. The van der Waals surface area contributed by atoms with E-state index < -0.39 is 17.9 Å². The van der Waals surface area contributed by atoms with Crippen LogP contribution >= 0.6 is 0 Å². The highest BCUT2D eigenvalue weighted by Gasteiger charge is 2.19. The van der Waals surface area contributed by atoms with E-state index in [9.17, 15) is 24.9 Å². The highest BCUT2D eigenvalue weighted by Crippen LogP contribution is 2.26. The molecule has 0 radical (unpaired) electrons. The van der Waals surface area contributed by atoms with Crippen LogP contribution in [0.25, 0.3) is 6.08 Å². The van der Waals surface area contributed by atoms with Crippen molar-refractivity contribution in [3.8, 4) is 17.2 Å². The molecule has 26 heavy (non-hydrogen) atoms. The summed E-state index contributed by atoms with van der Waals surface area (Å²) in [6.45, 7) is 0. The lowest BCUT2D eigenvalue weighted by atomic mass is 10.1. The highest BCUT2D eigenvalue weighted by molar-refractivity contribution is 5.94. The Morgan fingerprint density at radius 3 is 2.46 bits per heavy atom. The van der Waals surface area contributed by atoms with Crippen molar-refractivity contribution in [1.82, 2.24) is 5.32 Å². The quantitative estimate of drug-likeness (QED) is 0.563. The minimum absolute atomic E-state index is 0.0195. The van der Waals surface area contributed by atoms with E-state index in [1.807, 2.05) is 0 Å². The fourth-order valence-corrected chi connectivity index (χ4v) is 2.26. The molecule has 136 valence electrons. The Morgan fingerprint density at radius 2 is 1.85 bits per heavy atom. The summed E-state index contributed by atoms with van der Waals surface area (Å²) in [4.78, 5) is 23.4. The highest BCUT2D eigenvalue weighted by atomic mass is 16.5. The number of phenols is 2. The van der Waals surface area contributed by atoms with Crippen molar-refractivity contribution in [2.75, 3.05) is 7.11 Å². The third-order valence-electron chi connectivity index (χ3n) is 3.62. The molecule has 4 N–H and O–H groups in total. The number of carboxylic acid groups (broad SMARTS) is 1. The van der Waals surface area contributed by atoms with Gasteiger partial charge in [0.2, 0.25) is 5.91 Å². The maximum Gasteiger partial charge on any atom is 0.326 e. The summed E-state index contributed by atoms with van der Waals surface area (Å²) in [5.74, 6) is -1.40. The summed E-state index contributed by atoms with van der Waals surface area (Å²) in [6.07, 6.45) is 2.78. The van der Waals surface area contributed by atoms with E-state index in [-0.39, 0.29) is 23.7 Å². The summed E-state index contributed by atoms with van der Waals surface area (Å²) >= 11 is 0. The normalized spacial score (nSPS) is 11.9. The van der Waals surface area contributed by atoms with E-state index in [4.69, 9.17) is 4.74 Å². The van der Waals surface area contributed by atoms with Gasteiger partial charge in [0.1, 0.15) is 11.8 Å². The van der Waals surface area contributed by atoms with Crippen molar-refractivity contribution in [3.05, 3.63) is 59.7 Å². The minimum atomic E-state index is -1.16. The Labute approximate surface area is 150 Å². The third kappa shape index (κ3) is 5.27. The zero-order valence-corrected chi connectivity index (χ0v) is 14.0. The van der Waals surface area contributed by atoms with Crippen LogP contribution in [-0.4, -0.2) is 40.3 Å². The molecule has 2 aromatic carbocycles. The van der Waals surface area contributed by atoms with E-state index in [0.29, 0.717) is 11.1 Å². The number of aromatic hydroxyl groups is 2. The van der Waals surface area contributed by atoms with Crippen LogP contribution in [0.2, 0.25) is 0 Å². The van der Waals surface area contributed by atoms with Crippen molar-refractivity contribution >= 4 is 18.0 Å². The fourth-order valence-electron chi connectivity index (χ4n) is 2.26. The molecule has 0 fully saturated rings. The molecular formula is C19H19NO6. The van der Waals surface area contributed by atoms with E-state index >= 15 is 0 Å². The molecule has 0 saturated heterocycles. The number of nitrogens with one attached hydrogen (secondary N) is 1. The lowest BCUT2D eigenvalue weighted by Gasteiger charge is -2.13. The van der Waals surface area contributed by atoms with Gasteiger partial charge in [0.05, 0.1) is 7.11 Å². The van der Waals surface area contributed by atoms with E-state index in [0.717, 1.165) is 0 Å². The Morgan fingerprint density at radius 1 is 1.15 bits per heavy atom. The molecule has 0 aliphatic carbocycles. The van der Waals surface area contributed by atoms with Crippen LogP contribution in [0.5, 0.6) is 17.2 Å². The van der Waals surface area contributed by atoms with Gasteiger partial charge >= 0.3 is 5.97 Å². The topological polar surface area (TPSA) is 116 Å². The Balaban J connectivity index is 2.03. The number of aliphatic carboxylic acids is 1. The molecule has 0 aliphatic heterocycles. The Hall–Kier alpha value is -3.48. The molecule has 0 unspecified atom stereocenters. The molecule has 2 rings (SSSR count). The average molecular weight is 357 g/mol. The van der Waals surface area contributed by atoms with Crippen LogP contribution in [0.1, 0.15) is 11.1 Å². The van der Waals surface area contributed by atoms with Crippen molar-refractivity contribution in [2.45, 2.75) is 12.5 Å². The number of hydrogen-bond acceptors (Lipinski definition) is 5. The number of rotatable bonds is 7. The second kappa shape index (κ2) is 8.57. The van der Waals surface area contributed by atoms with Gasteiger partial charge in [-0.3, -0.25) is 4.79 Å². The number of hydrogen-bond donors (Lipinski definition) is 4. The maximum atomic E-state index is 12.0. The lowest BCUT2D eigenvalue weighted by molar-refractivity contribution is -0.141. The number of carbonyl (C=O) groups is 2. The molecule has 0 bridgehead atoms. The van der Waals surface area contributed by atoms with Crippen molar-refractivity contribution < 1.29 is 29.6 Å². The second-order valence-electron chi connectivity index (χ2n) is 5.53. The van der Waals surface area contributed by atoms with Gasteiger partial charge < -0.3 is 25.4 Å². The summed E-state index contributed by atoms with van der Waals surface area (Å²) in [5, 5.41) is 30.5. The number of carbonyl (C=O) groups excluding carboxylic acids is 1. The molecule has 7 heteroatoms. The first-order valence-corrected chi connectivity index (χ1v) is 7.75. The van der Waals surface area contributed by atoms with Gasteiger partial charge in [-0.15, -0.1) is 0 Å². The van der Waals surface area contributed by atoms with Gasteiger partial charge in [-0.05, 0) is 41.5 Å². The molecule has 0 saturated carbocycles. The zero-order valence-electron chi connectivity index (χ0n) is 14.0. The summed E-state index contributed by atoms with van der Waals surface area (Å²) in [6, 6.07) is 9.55. The first kappa shape index (κ1) is 18.9. The van der Waals surface area contributed by atoms with Crippen molar-refractivity contribution in [3.63, 3.8) is 0 Å². The molecule has 7 nitrogen and oxygen atoms in total. The maximum absolute atomic E-state index is 12.0. The van der Waals surface area contributed by atoms with Gasteiger partial charge in [-0.1, -0.05) is 18.2 Å². The predicted octanol–water partition coefficient (Wildman–Crippen LogP) is 1.93. The zero-order chi connectivity index (χ0) is 19.1. The van der Waals surface area contributed by atoms with Crippen LogP contribution < -0.4 is 10.1 Å². The molecule has 0 spiro atoms. The Bertz CT molecular complexity index is 813.